The number of aromatic nitrogens is 1. The summed E-state index contributed by atoms with van der Waals surface area (Å²) in [5.74, 6) is 1.04. The summed E-state index contributed by atoms with van der Waals surface area (Å²) >= 11 is 0. The normalized spacial score (nSPS) is 29.8. The summed E-state index contributed by atoms with van der Waals surface area (Å²) in [7, 11) is 1.59. The van der Waals surface area contributed by atoms with E-state index in [1.54, 1.807) is 13.3 Å². The summed E-state index contributed by atoms with van der Waals surface area (Å²) in [6, 6.07) is 3.90. The first-order valence-electron chi connectivity index (χ1n) is 8.88. The maximum Gasteiger partial charge on any atom is 0.315 e. The van der Waals surface area contributed by atoms with E-state index >= 15 is 0 Å². The van der Waals surface area contributed by atoms with E-state index in [9.17, 15) is 4.79 Å². The molecule has 0 unspecified atom stereocenters. The molecule has 0 bridgehead atoms. The van der Waals surface area contributed by atoms with Crippen LogP contribution in [0.2, 0.25) is 0 Å². The molecular formula is C18H25N3O3. The molecule has 24 heavy (non-hydrogen) atoms. The van der Waals surface area contributed by atoms with Crippen molar-refractivity contribution in [3.8, 4) is 5.88 Å². The number of methoxy groups -OCH3 is 1. The van der Waals surface area contributed by atoms with Crippen LogP contribution < -0.4 is 15.4 Å². The number of pyridine rings is 1. The average molecular weight is 331 g/mol. The lowest BCUT2D eigenvalue weighted by Crippen LogP contribution is -2.69. The second-order valence-electron chi connectivity index (χ2n) is 7.16. The first kappa shape index (κ1) is 15.7. The van der Waals surface area contributed by atoms with Gasteiger partial charge in [0.15, 0.2) is 0 Å². The van der Waals surface area contributed by atoms with Crippen LogP contribution in [-0.4, -0.2) is 36.9 Å². The van der Waals surface area contributed by atoms with Gasteiger partial charge in [-0.15, -0.1) is 0 Å². The fourth-order valence-corrected chi connectivity index (χ4v) is 5.01. The SMILES string of the molecule is COc1ncccc1CNC(=O)N[C@@H]1[C@H]2CCO[C@@H]2C12CCCC2. The lowest BCUT2D eigenvalue weighted by molar-refractivity contribution is -0.126. The number of nitrogens with one attached hydrogen (secondary N) is 2. The van der Waals surface area contributed by atoms with Crippen molar-refractivity contribution in [1.29, 1.82) is 0 Å². The minimum Gasteiger partial charge on any atom is -0.481 e. The van der Waals surface area contributed by atoms with E-state index in [1.807, 2.05) is 12.1 Å². The minimum absolute atomic E-state index is 0.109. The van der Waals surface area contributed by atoms with Crippen LogP contribution in [0.1, 0.15) is 37.7 Å². The second kappa shape index (κ2) is 6.24. The van der Waals surface area contributed by atoms with Crippen molar-refractivity contribution in [2.75, 3.05) is 13.7 Å². The molecule has 6 heteroatoms. The summed E-state index contributed by atoms with van der Waals surface area (Å²) in [5.41, 5.74) is 1.06. The van der Waals surface area contributed by atoms with Gasteiger partial charge in [0.25, 0.3) is 0 Å². The number of urea groups is 1. The Hall–Kier alpha value is -1.82. The number of hydrogen-bond donors (Lipinski definition) is 2. The Bertz CT molecular complexity index is 615. The number of hydrogen-bond acceptors (Lipinski definition) is 4. The fraction of sp³-hybridized carbons (Fsp3) is 0.667. The summed E-state index contributed by atoms with van der Waals surface area (Å²) in [6.45, 7) is 1.25. The molecular weight excluding hydrogens is 306 g/mol. The molecule has 2 aliphatic carbocycles. The number of ether oxygens (including phenoxy) is 2. The third-order valence-corrected chi connectivity index (χ3v) is 6.06. The van der Waals surface area contributed by atoms with Gasteiger partial charge in [-0.2, -0.15) is 0 Å². The molecule has 4 rings (SSSR count). The van der Waals surface area contributed by atoms with Crippen molar-refractivity contribution < 1.29 is 14.3 Å². The number of carbonyl (C=O) groups is 1. The predicted octanol–water partition coefficient (Wildman–Crippen LogP) is 2.24. The summed E-state index contributed by atoms with van der Waals surface area (Å²) in [4.78, 5) is 16.6. The van der Waals surface area contributed by atoms with Gasteiger partial charge in [0, 0.05) is 42.3 Å². The number of nitrogens with zero attached hydrogens (tertiary/aromatic N) is 1. The quantitative estimate of drug-likeness (QED) is 0.887. The Morgan fingerprint density at radius 3 is 3.08 bits per heavy atom. The van der Waals surface area contributed by atoms with Crippen LogP contribution in [0.3, 0.4) is 0 Å². The Morgan fingerprint density at radius 1 is 1.46 bits per heavy atom. The highest BCUT2D eigenvalue weighted by Gasteiger charge is 2.65. The molecule has 3 fully saturated rings. The zero-order valence-electron chi connectivity index (χ0n) is 14.1. The molecule has 2 N–H and O–H groups in total. The molecule has 130 valence electrons. The Labute approximate surface area is 142 Å². The standard InChI is InChI=1S/C18H25N3O3/c1-23-16-12(5-4-9-19-16)11-20-17(22)21-14-13-6-10-24-15(13)18(14)7-2-3-8-18/h4-5,9,13-15H,2-3,6-8,10-11H2,1H3,(H2,20,21,22)/t13-,14-,15+/m1/s1. The second-order valence-corrected chi connectivity index (χ2v) is 7.16. The van der Waals surface area contributed by atoms with Crippen molar-refractivity contribution in [3.63, 3.8) is 0 Å². The number of carbonyl (C=O) groups excluding carboxylic acids is 1. The van der Waals surface area contributed by atoms with Crippen molar-refractivity contribution in [2.45, 2.75) is 50.8 Å². The smallest absolute Gasteiger partial charge is 0.315 e. The van der Waals surface area contributed by atoms with Crippen LogP contribution in [0.5, 0.6) is 5.88 Å². The molecule has 6 nitrogen and oxygen atoms in total. The number of amides is 2. The average Bonchev–Trinajstić information content (AvgIpc) is 3.26. The van der Waals surface area contributed by atoms with Gasteiger partial charge in [-0.05, 0) is 25.3 Å². The van der Waals surface area contributed by atoms with E-state index in [0.29, 0.717) is 24.4 Å². The summed E-state index contributed by atoms with van der Waals surface area (Å²) in [6.07, 6.45) is 7.96. The molecule has 3 atom stereocenters. The van der Waals surface area contributed by atoms with E-state index in [2.05, 4.69) is 15.6 Å². The van der Waals surface area contributed by atoms with E-state index in [1.165, 1.54) is 25.7 Å². The monoisotopic (exact) mass is 331 g/mol. The molecule has 0 aromatic carbocycles. The van der Waals surface area contributed by atoms with E-state index < -0.39 is 0 Å². The molecule has 2 amide bonds. The lowest BCUT2D eigenvalue weighted by atomic mass is 9.54. The van der Waals surface area contributed by atoms with E-state index in [0.717, 1.165) is 18.6 Å². The highest BCUT2D eigenvalue weighted by atomic mass is 16.5. The zero-order valence-corrected chi connectivity index (χ0v) is 14.1. The molecule has 1 saturated heterocycles. The number of fused-ring (bicyclic) bond motifs is 2. The minimum atomic E-state index is -0.109. The molecule has 1 aromatic heterocycles. The van der Waals surface area contributed by atoms with Crippen molar-refractivity contribution in [1.82, 2.24) is 15.6 Å². The van der Waals surface area contributed by atoms with E-state index in [-0.39, 0.29) is 17.5 Å². The third kappa shape index (κ3) is 2.44. The van der Waals surface area contributed by atoms with Crippen LogP contribution in [0, 0.1) is 11.3 Å². The molecule has 3 aliphatic rings. The van der Waals surface area contributed by atoms with Gasteiger partial charge in [0.05, 0.1) is 13.2 Å². The van der Waals surface area contributed by atoms with Crippen LogP contribution >= 0.6 is 0 Å². The fourth-order valence-electron chi connectivity index (χ4n) is 5.01. The predicted molar refractivity (Wildman–Crippen MR) is 88.7 cm³/mol. The van der Waals surface area contributed by atoms with E-state index in [4.69, 9.17) is 9.47 Å². The highest BCUT2D eigenvalue weighted by molar-refractivity contribution is 5.74. The highest BCUT2D eigenvalue weighted by Crippen LogP contribution is 2.60. The van der Waals surface area contributed by atoms with Crippen molar-refractivity contribution >= 4 is 6.03 Å². The van der Waals surface area contributed by atoms with Crippen LogP contribution in [-0.2, 0) is 11.3 Å². The number of rotatable bonds is 4. The van der Waals surface area contributed by atoms with Crippen LogP contribution in [0.25, 0.3) is 0 Å². The van der Waals surface area contributed by atoms with Gasteiger partial charge in [0.1, 0.15) is 0 Å². The maximum atomic E-state index is 12.4. The maximum absolute atomic E-state index is 12.4. The summed E-state index contributed by atoms with van der Waals surface area (Å²) in [5, 5.41) is 6.19. The third-order valence-electron chi connectivity index (χ3n) is 6.06. The van der Waals surface area contributed by atoms with Gasteiger partial charge in [-0.3, -0.25) is 0 Å². The van der Waals surface area contributed by atoms with Gasteiger partial charge in [-0.25, -0.2) is 9.78 Å². The molecule has 1 spiro atoms. The Kier molecular flexibility index (Phi) is 4.08. The Balaban J connectivity index is 1.37. The molecule has 1 aliphatic heterocycles. The van der Waals surface area contributed by atoms with Crippen molar-refractivity contribution in [3.05, 3.63) is 23.9 Å². The molecule has 2 heterocycles. The van der Waals surface area contributed by atoms with Gasteiger partial charge in [0.2, 0.25) is 5.88 Å². The van der Waals surface area contributed by atoms with Crippen LogP contribution in [0.4, 0.5) is 4.79 Å². The molecule has 2 saturated carbocycles. The molecule has 0 radical (unpaired) electrons. The first-order chi connectivity index (χ1) is 11.7. The lowest BCUT2D eigenvalue weighted by Gasteiger charge is -2.56. The zero-order chi connectivity index (χ0) is 16.6. The Morgan fingerprint density at radius 2 is 2.29 bits per heavy atom. The van der Waals surface area contributed by atoms with Gasteiger partial charge < -0.3 is 20.1 Å². The molecule has 1 aromatic rings. The topological polar surface area (TPSA) is 72.5 Å². The van der Waals surface area contributed by atoms with Gasteiger partial charge >= 0.3 is 6.03 Å². The van der Waals surface area contributed by atoms with Crippen molar-refractivity contribution in [2.24, 2.45) is 11.3 Å². The first-order valence-corrected chi connectivity index (χ1v) is 8.88. The van der Waals surface area contributed by atoms with Crippen LogP contribution in [0.15, 0.2) is 18.3 Å². The van der Waals surface area contributed by atoms with Gasteiger partial charge in [-0.1, -0.05) is 18.9 Å². The summed E-state index contributed by atoms with van der Waals surface area (Å²) < 4.78 is 11.2. The largest absolute Gasteiger partial charge is 0.481 e.